The zero-order valence-electron chi connectivity index (χ0n) is 23.7. The minimum absolute atomic E-state index is 0.0207. The molecule has 0 radical (unpaired) electrons. The van der Waals surface area contributed by atoms with E-state index in [2.05, 4.69) is 4.98 Å². The standard InChI is InChI=1S/C32H34F2N2O4/c1-31(2,3)40-30(37)29-20-9-17-11-27(35-14-21(17)28(20)29)39-15-18-10-25-22(13-24(18)34)32(4,5)16-36(25)26-12-19(38-6)7-8-23(26)33/h7-8,10-14,20,28-29H,9,15-16H2,1-6H3. The van der Waals surface area contributed by atoms with Crippen molar-refractivity contribution >= 4 is 17.3 Å². The Morgan fingerprint density at radius 2 is 1.88 bits per heavy atom. The molecule has 3 unspecified atom stereocenters. The van der Waals surface area contributed by atoms with Crippen LogP contribution in [0.3, 0.4) is 0 Å². The van der Waals surface area contributed by atoms with Gasteiger partial charge in [-0.1, -0.05) is 13.8 Å². The molecule has 6 rings (SSSR count). The van der Waals surface area contributed by atoms with Gasteiger partial charge < -0.3 is 19.1 Å². The Hall–Kier alpha value is -3.68. The van der Waals surface area contributed by atoms with Crippen molar-refractivity contribution in [2.75, 3.05) is 18.6 Å². The smallest absolute Gasteiger partial charge is 0.310 e. The average Bonchev–Trinajstić information content (AvgIpc) is 3.38. The molecule has 0 amide bonds. The number of esters is 1. The van der Waals surface area contributed by atoms with E-state index in [-0.39, 0.29) is 47.4 Å². The number of hydrogen-bond acceptors (Lipinski definition) is 6. The first-order valence-corrected chi connectivity index (χ1v) is 13.6. The van der Waals surface area contributed by atoms with Gasteiger partial charge in [0.15, 0.2) is 0 Å². The van der Waals surface area contributed by atoms with Crippen LogP contribution in [0.4, 0.5) is 20.2 Å². The number of rotatable bonds is 6. The number of aromatic nitrogens is 1. The second-order valence-corrected chi connectivity index (χ2v) is 12.7. The van der Waals surface area contributed by atoms with E-state index in [4.69, 9.17) is 14.2 Å². The highest BCUT2D eigenvalue weighted by Gasteiger charge is 2.61. The second-order valence-electron chi connectivity index (χ2n) is 12.7. The first kappa shape index (κ1) is 26.5. The summed E-state index contributed by atoms with van der Waals surface area (Å²) in [5, 5.41) is 0. The summed E-state index contributed by atoms with van der Waals surface area (Å²) in [7, 11) is 1.54. The van der Waals surface area contributed by atoms with Gasteiger partial charge in [0.1, 0.15) is 29.6 Å². The molecule has 210 valence electrons. The van der Waals surface area contributed by atoms with Gasteiger partial charge in [-0.3, -0.25) is 4.79 Å². The molecule has 0 spiro atoms. The zero-order chi connectivity index (χ0) is 28.6. The molecule has 1 aromatic heterocycles. The van der Waals surface area contributed by atoms with E-state index in [1.54, 1.807) is 31.5 Å². The summed E-state index contributed by atoms with van der Waals surface area (Å²) in [6.45, 7) is 10.1. The Morgan fingerprint density at radius 1 is 1.10 bits per heavy atom. The highest BCUT2D eigenvalue weighted by molar-refractivity contribution is 5.80. The number of anilines is 2. The number of benzene rings is 2. The summed E-state index contributed by atoms with van der Waals surface area (Å²) < 4.78 is 47.0. The molecule has 40 heavy (non-hydrogen) atoms. The van der Waals surface area contributed by atoms with E-state index in [1.165, 1.54) is 12.1 Å². The molecule has 6 nitrogen and oxygen atoms in total. The van der Waals surface area contributed by atoms with Crippen LogP contribution in [0, 0.1) is 23.5 Å². The predicted molar refractivity (Wildman–Crippen MR) is 147 cm³/mol. The van der Waals surface area contributed by atoms with Crippen molar-refractivity contribution in [2.45, 2.75) is 64.6 Å². The third-order valence-electron chi connectivity index (χ3n) is 8.22. The van der Waals surface area contributed by atoms with Gasteiger partial charge in [-0.25, -0.2) is 13.8 Å². The number of hydrogen-bond donors (Lipinski definition) is 0. The summed E-state index contributed by atoms with van der Waals surface area (Å²) in [6.07, 6.45) is 2.54. The predicted octanol–water partition coefficient (Wildman–Crippen LogP) is 6.60. The second kappa shape index (κ2) is 9.18. The van der Waals surface area contributed by atoms with Crippen LogP contribution in [0.1, 0.15) is 62.8 Å². The number of fused-ring (bicyclic) bond motifs is 4. The van der Waals surface area contributed by atoms with Crippen molar-refractivity contribution in [3.8, 4) is 11.6 Å². The average molecular weight is 549 g/mol. The van der Waals surface area contributed by atoms with Crippen molar-refractivity contribution in [1.29, 1.82) is 0 Å². The van der Waals surface area contributed by atoms with Crippen molar-refractivity contribution in [3.05, 3.63) is 76.5 Å². The lowest BCUT2D eigenvalue weighted by atomic mass is 9.86. The lowest BCUT2D eigenvalue weighted by Gasteiger charge is -2.23. The molecule has 1 saturated carbocycles. The van der Waals surface area contributed by atoms with Crippen LogP contribution in [-0.4, -0.2) is 30.2 Å². The number of ether oxygens (including phenoxy) is 3. The third-order valence-corrected chi connectivity index (χ3v) is 8.22. The van der Waals surface area contributed by atoms with Crippen LogP contribution in [0.15, 0.2) is 42.6 Å². The van der Waals surface area contributed by atoms with Crippen LogP contribution in [0.5, 0.6) is 11.6 Å². The third kappa shape index (κ3) is 4.57. The molecule has 8 heteroatoms. The fourth-order valence-corrected chi connectivity index (χ4v) is 6.28. The van der Waals surface area contributed by atoms with Crippen LogP contribution in [0.25, 0.3) is 0 Å². The summed E-state index contributed by atoms with van der Waals surface area (Å²) in [5.74, 6) is 0.336. The monoisotopic (exact) mass is 548 g/mol. The van der Waals surface area contributed by atoms with E-state index in [1.807, 2.05) is 45.6 Å². The van der Waals surface area contributed by atoms with E-state index in [0.717, 1.165) is 28.8 Å². The van der Waals surface area contributed by atoms with Crippen LogP contribution < -0.4 is 14.4 Å². The maximum atomic E-state index is 15.3. The van der Waals surface area contributed by atoms with Gasteiger partial charge in [0, 0.05) is 47.5 Å². The molecule has 0 bridgehead atoms. The lowest BCUT2D eigenvalue weighted by Crippen LogP contribution is -2.26. The fraction of sp³-hybridized carbons (Fsp3) is 0.438. The van der Waals surface area contributed by atoms with Gasteiger partial charge in [0.2, 0.25) is 5.88 Å². The maximum absolute atomic E-state index is 15.3. The van der Waals surface area contributed by atoms with Crippen LogP contribution in [-0.2, 0) is 28.0 Å². The van der Waals surface area contributed by atoms with Gasteiger partial charge in [0.25, 0.3) is 0 Å². The Labute approximate surface area is 233 Å². The molecular formula is C32H34F2N2O4. The first-order valence-electron chi connectivity index (χ1n) is 13.6. The molecule has 3 aliphatic rings. The van der Waals surface area contributed by atoms with Gasteiger partial charge in [-0.05, 0) is 74.1 Å². The zero-order valence-corrected chi connectivity index (χ0v) is 23.7. The fourth-order valence-electron chi connectivity index (χ4n) is 6.28. The summed E-state index contributed by atoms with van der Waals surface area (Å²) >= 11 is 0. The number of nitrogens with zero attached hydrogens (tertiary/aromatic N) is 2. The van der Waals surface area contributed by atoms with Crippen LogP contribution in [0.2, 0.25) is 0 Å². The minimum Gasteiger partial charge on any atom is -0.497 e. The Balaban J connectivity index is 1.20. The highest BCUT2D eigenvalue weighted by atomic mass is 19.1. The maximum Gasteiger partial charge on any atom is 0.310 e. The van der Waals surface area contributed by atoms with Crippen molar-refractivity contribution in [3.63, 3.8) is 0 Å². The molecule has 3 atom stereocenters. The largest absolute Gasteiger partial charge is 0.497 e. The van der Waals surface area contributed by atoms with Crippen molar-refractivity contribution < 1.29 is 27.8 Å². The molecule has 0 saturated heterocycles. The van der Waals surface area contributed by atoms with E-state index in [0.29, 0.717) is 29.4 Å². The summed E-state index contributed by atoms with van der Waals surface area (Å²) in [6, 6.07) is 9.78. The molecule has 1 fully saturated rings. The lowest BCUT2D eigenvalue weighted by molar-refractivity contribution is -0.157. The number of carbonyl (C=O) groups excluding carboxylic acids is 1. The molecule has 2 aliphatic carbocycles. The summed E-state index contributed by atoms with van der Waals surface area (Å²) in [5.41, 5.74) is 3.58. The molecular weight excluding hydrogens is 514 g/mol. The number of methoxy groups -OCH3 is 1. The topological polar surface area (TPSA) is 60.9 Å². The number of pyridine rings is 1. The quantitative estimate of drug-likeness (QED) is 0.324. The van der Waals surface area contributed by atoms with Gasteiger partial charge >= 0.3 is 5.97 Å². The van der Waals surface area contributed by atoms with Gasteiger partial charge in [-0.15, -0.1) is 0 Å². The van der Waals surface area contributed by atoms with Crippen molar-refractivity contribution in [2.24, 2.45) is 11.8 Å². The van der Waals surface area contributed by atoms with E-state index >= 15 is 4.39 Å². The molecule has 1 aliphatic heterocycles. The normalized spacial score (nSPS) is 21.9. The molecule has 2 heterocycles. The van der Waals surface area contributed by atoms with Crippen molar-refractivity contribution in [1.82, 2.24) is 4.98 Å². The highest BCUT2D eigenvalue weighted by Crippen LogP contribution is 2.62. The van der Waals surface area contributed by atoms with Gasteiger partial charge in [-0.2, -0.15) is 0 Å². The number of carbonyl (C=O) groups is 1. The Bertz CT molecular complexity index is 1510. The molecule has 2 aromatic carbocycles. The number of halogens is 2. The Kier molecular flexibility index (Phi) is 6.09. The van der Waals surface area contributed by atoms with Gasteiger partial charge in [0.05, 0.1) is 18.7 Å². The molecule has 3 aromatic rings. The Morgan fingerprint density at radius 3 is 2.60 bits per heavy atom. The minimum atomic E-state index is -0.505. The van der Waals surface area contributed by atoms with E-state index in [9.17, 15) is 9.18 Å². The molecule has 0 N–H and O–H groups in total. The van der Waals surface area contributed by atoms with E-state index < -0.39 is 5.60 Å². The first-order chi connectivity index (χ1) is 18.9. The van der Waals surface area contributed by atoms with Crippen LogP contribution >= 0.6 is 0 Å². The SMILES string of the molecule is COc1ccc(F)c(N2CC(C)(C)c3cc(F)c(COc4cc5c(cn4)C4C(C5)C4C(=O)OC(C)(C)C)cc32)c1. The summed E-state index contributed by atoms with van der Waals surface area (Å²) in [4.78, 5) is 18.9.